The maximum Gasteiger partial charge on any atom is 0.139 e. The molecule has 0 unspecified atom stereocenters. The lowest BCUT2D eigenvalue weighted by atomic mass is 10.2. The molecule has 2 rings (SSSR count). The van der Waals surface area contributed by atoms with E-state index in [9.17, 15) is 4.39 Å². The van der Waals surface area contributed by atoms with E-state index in [4.69, 9.17) is 11.6 Å². The summed E-state index contributed by atoms with van der Waals surface area (Å²) in [4.78, 5) is 0. The molecule has 0 saturated heterocycles. The molecule has 1 heterocycles. The van der Waals surface area contributed by atoms with Crippen molar-refractivity contribution in [1.29, 1.82) is 0 Å². The maximum atomic E-state index is 13.4. The van der Waals surface area contributed by atoms with Crippen LogP contribution >= 0.6 is 27.5 Å². The van der Waals surface area contributed by atoms with Gasteiger partial charge in [0.25, 0.3) is 0 Å². The molecule has 0 radical (unpaired) electrons. The van der Waals surface area contributed by atoms with Crippen LogP contribution in [0.15, 0.2) is 22.8 Å². The highest BCUT2D eigenvalue weighted by molar-refractivity contribution is 9.10. The molecule has 0 fully saturated rings. The van der Waals surface area contributed by atoms with Gasteiger partial charge in [-0.25, -0.2) is 9.07 Å². The molecule has 0 bridgehead atoms. The molecule has 0 aliphatic rings. The van der Waals surface area contributed by atoms with E-state index in [0.29, 0.717) is 15.9 Å². The van der Waals surface area contributed by atoms with Crippen molar-refractivity contribution >= 4 is 27.5 Å². The Morgan fingerprint density at radius 2 is 2.25 bits per heavy atom. The number of nitrogens with zero attached hydrogens (tertiary/aromatic N) is 3. The van der Waals surface area contributed by atoms with Gasteiger partial charge in [-0.1, -0.05) is 5.21 Å². The van der Waals surface area contributed by atoms with E-state index in [0.717, 1.165) is 5.56 Å². The zero-order chi connectivity index (χ0) is 11.7. The Morgan fingerprint density at radius 1 is 1.50 bits per heavy atom. The Labute approximate surface area is 105 Å². The van der Waals surface area contributed by atoms with Crippen LogP contribution in [0, 0.1) is 12.7 Å². The van der Waals surface area contributed by atoms with Gasteiger partial charge in [0.1, 0.15) is 5.82 Å². The van der Waals surface area contributed by atoms with Crippen LogP contribution in [0.1, 0.15) is 11.3 Å². The van der Waals surface area contributed by atoms with Crippen molar-refractivity contribution in [1.82, 2.24) is 15.0 Å². The molecule has 0 spiro atoms. The van der Waals surface area contributed by atoms with Crippen molar-refractivity contribution in [3.63, 3.8) is 0 Å². The summed E-state index contributed by atoms with van der Waals surface area (Å²) in [6.07, 6.45) is 1.68. The number of aromatic nitrogens is 3. The number of hydrogen-bond donors (Lipinski definition) is 0. The largest absolute Gasteiger partial charge is 0.220 e. The summed E-state index contributed by atoms with van der Waals surface area (Å²) in [6.45, 7) is 1.88. The highest BCUT2D eigenvalue weighted by Gasteiger charge is 2.09. The topological polar surface area (TPSA) is 30.7 Å². The predicted molar refractivity (Wildman–Crippen MR) is 63.3 cm³/mol. The van der Waals surface area contributed by atoms with Crippen LogP contribution in [-0.4, -0.2) is 15.0 Å². The van der Waals surface area contributed by atoms with Crippen LogP contribution in [0.2, 0.25) is 0 Å². The molecule has 0 atom stereocenters. The Bertz CT molecular complexity index is 527. The van der Waals surface area contributed by atoms with Crippen LogP contribution in [0.4, 0.5) is 4.39 Å². The van der Waals surface area contributed by atoms with Gasteiger partial charge in [-0.05, 0) is 34.5 Å². The van der Waals surface area contributed by atoms with Crippen molar-refractivity contribution < 1.29 is 4.39 Å². The van der Waals surface area contributed by atoms with Gasteiger partial charge in [0.05, 0.1) is 27.9 Å². The Kier molecular flexibility index (Phi) is 3.25. The molecule has 0 saturated carbocycles. The minimum Gasteiger partial charge on any atom is -0.220 e. The van der Waals surface area contributed by atoms with Crippen LogP contribution in [-0.2, 0) is 5.88 Å². The number of benzene rings is 1. The molecular formula is C10H8BrClFN3. The number of aryl methyl sites for hydroxylation is 1. The first-order valence-electron chi connectivity index (χ1n) is 4.55. The normalized spacial score (nSPS) is 10.8. The highest BCUT2D eigenvalue weighted by Crippen LogP contribution is 2.22. The molecular weight excluding hydrogens is 296 g/mol. The molecule has 0 amide bonds. The average Bonchev–Trinajstić information content (AvgIpc) is 2.71. The first-order chi connectivity index (χ1) is 7.61. The first-order valence-corrected chi connectivity index (χ1v) is 5.88. The van der Waals surface area contributed by atoms with E-state index in [-0.39, 0.29) is 11.7 Å². The van der Waals surface area contributed by atoms with Crippen molar-refractivity contribution in [3.8, 4) is 5.69 Å². The molecule has 2 aromatic rings. The summed E-state index contributed by atoms with van der Waals surface area (Å²) in [5, 5.41) is 7.74. The van der Waals surface area contributed by atoms with Crippen molar-refractivity contribution in [3.05, 3.63) is 39.9 Å². The molecule has 84 valence electrons. The maximum absolute atomic E-state index is 13.4. The van der Waals surface area contributed by atoms with Gasteiger partial charge in [0, 0.05) is 6.07 Å². The summed E-state index contributed by atoms with van der Waals surface area (Å²) >= 11 is 8.76. The van der Waals surface area contributed by atoms with Crippen molar-refractivity contribution in [2.24, 2.45) is 0 Å². The quantitative estimate of drug-likeness (QED) is 0.798. The number of halogens is 3. The molecule has 6 heteroatoms. The van der Waals surface area contributed by atoms with Crippen LogP contribution in [0.25, 0.3) is 5.69 Å². The summed E-state index contributed by atoms with van der Waals surface area (Å²) in [6, 6.07) is 3.11. The van der Waals surface area contributed by atoms with E-state index in [2.05, 4.69) is 26.2 Å². The van der Waals surface area contributed by atoms with Gasteiger partial charge < -0.3 is 0 Å². The van der Waals surface area contributed by atoms with Gasteiger partial charge in [-0.2, -0.15) is 0 Å². The Hall–Kier alpha value is -0.940. The van der Waals surface area contributed by atoms with E-state index in [1.165, 1.54) is 10.7 Å². The summed E-state index contributed by atoms with van der Waals surface area (Å²) in [7, 11) is 0. The molecule has 16 heavy (non-hydrogen) atoms. The van der Waals surface area contributed by atoms with Gasteiger partial charge >= 0.3 is 0 Å². The van der Waals surface area contributed by atoms with Crippen LogP contribution in [0.5, 0.6) is 0 Å². The summed E-state index contributed by atoms with van der Waals surface area (Å²) in [5.41, 5.74) is 2.22. The fourth-order valence-electron chi connectivity index (χ4n) is 1.36. The molecule has 1 aromatic heterocycles. The minimum absolute atomic E-state index is 0.290. The average molecular weight is 305 g/mol. The minimum atomic E-state index is -0.330. The second-order valence-corrected chi connectivity index (χ2v) is 4.46. The fraction of sp³-hybridized carbons (Fsp3) is 0.200. The lowest BCUT2D eigenvalue weighted by molar-refractivity contribution is 0.617. The lowest BCUT2D eigenvalue weighted by Crippen LogP contribution is -1.99. The Morgan fingerprint density at radius 3 is 2.88 bits per heavy atom. The zero-order valence-corrected chi connectivity index (χ0v) is 10.8. The third-order valence-corrected chi connectivity index (χ3v) is 3.04. The Balaban J connectivity index is 2.51. The van der Waals surface area contributed by atoms with Crippen molar-refractivity contribution in [2.75, 3.05) is 0 Å². The van der Waals surface area contributed by atoms with E-state index >= 15 is 0 Å². The fourth-order valence-corrected chi connectivity index (χ4v) is 1.94. The SMILES string of the molecule is Cc1cc(Br)c(F)cc1-n1cc(CCl)nn1. The summed E-state index contributed by atoms with van der Waals surface area (Å²) in [5.74, 6) is -0.0403. The third-order valence-electron chi connectivity index (χ3n) is 2.16. The predicted octanol–water partition coefficient (Wildman–Crippen LogP) is 3.22. The monoisotopic (exact) mass is 303 g/mol. The smallest absolute Gasteiger partial charge is 0.139 e. The molecule has 0 aliphatic carbocycles. The second-order valence-electron chi connectivity index (χ2n) is 3.34. The highest BCUT2D eigenvalue weighted by atomic mass is 79.9. The van der Waals surface area contributed by atoms with E-state index in [1.807, 2.05) is 6.92 Å². The summed E-state index contributed by atoms with van der Waals surface area (Å²) < 4.78 is 15.4. The van der Waals surface area contributed by atoms with E-state index in [1.54, 1.807) is 12.3 Å². The van der Waals surface area contributed by atoms with Gasteiger partial charge in [0.2, 0.25) is 0 Å². The van der Waals surface area contributed by atoms with Crippen molar-refractivity contribution in [2.45, 2.75) is 12.8 Å². The van der Waals surface area contributed by atoms with Gasteiger partial charge in [0.15, 0.2) is 0 Å². The molecule has 0 N–H and O–H groups in total. The third kappa shape index (κ3) is 2.10. The zero-order valence-electron chi connectivity index (χ0n) is 8.41. The van der Waals surface area contributed by atoms with E-state index < -0.39 is 0 Å². The standard InChI is InChI=1S/C10H8BrClFN3/c1-6-2-8(11)9(13)3-10(6)16-5-7(4-12)14-15-16/h2-3,5H,4H2,1H3. The van der Waals surface area contributed by atoms with Crippen LogP contribution in [0.3, 0.4) is 0 Å². The first kappa shape index (κ1) is 11.5. The molecule has 0 aliphatic heterocycles. The number of hydrogen-bond acceptors (Lipinski definition) is 2. The lowest BCUT2D eigenvalue weighted by Gasteiger charge is -2.06. The molecule has 3 nitrogen and oxygen atoms in total. The number of rotatable bonds is 2. The van der Waals surface area contributed by atoms with Gasteiger partial charge in [-0.15, -0.1) is 16.7 Å². The van der Waals surface area contributed by atoms with Gasteiger partial charge in [-0.3, -0.25) is 0 Å². The second kappa shape index (κ2) is 4.51. The number of alkyl halides is 1. The van der Waals surface area contributed by atoms with Crippen LogP contribution < -0.4 is 0 Å². The molecule has 1 aromatic carbocycles.